The van der Waals surface area contributed by atoms with Crippen LogP contribution in [0.15, 0.2) is 42.5 Å². The number of benzene rings is 2. The highest BCUT2D eigenvalue weighted by Gasteiger charge is 2.32. The molecule has 0 spiro atoms. The quantitative estimate of drug-likeness (QED) is 0.647. The van der Waals surface area contributed by atoms with Crippen LogP contribution in [0.25, 0.3) is 0 Å². The van der Waals surface area contributed by atoms with E-state index in [9.17, 15) is 28.1 Å². The maximum atomic E-state index is 12.4. The lowest BCUT2D eigenvalue weighted by atomic mass is 10.1. The molecule has 0 saturated carbocycles. The van der Waals surface area contributed by atoms with Gasteiger partial charge in [0.05, 0.1) is 21.2 Å². The molecule has 0 bridgehead atoms. The first-order valence-electron chi connectivity index (χ1n) is 6.27. The molecule has 10 heteroatoms. The highest BCUT2D eigenvalue weighted by Crippen LogP contribution is 2.31. The Morgan fingerprint density at radius 2 is 1.88 bits per heavy atom. The maximum Gasteiger partial charge on any atom is 0.573 e. The van der Waals surface area contributed by atoms with E-state index in [2.05, 4.69) is 10.1 Å². The number of rotatable bonds is 4. The van der Waals surface area contributed by atoms with Crippen molar-refractivity contribution in [2.75, 3.05) is 5.32 Å². The number of para-hydroxylation sites is 2. The number of ether oxygens (including phenoxy) is 1. The third kappa shape index (κ3) is 4.35. The third-order valence-electron chi connectivity index (χ3n) is 2.77. The van der Waals surface area contributed by atoms with E-state index in [1.165, 1.54) is 18.2 Å². The molecule has 0 aromatic heterocycles. The molecule has 2 aromatic carbocycles. The van der Waals surface area contributed by atoms with Gasteiger partial charge in [-0.05, 0) is 18.2 Å². The Labute approximate surface area is 137 Å². The molecule has 0 heterocycles. The minimum absolute atomic E-state index is 0.0904. The summed E-state index contributed by atoms with van der Waals surface area (Å²) in [5.41, 5.74) is -0.903. The molecule has 1 N–H and O–H groups in total. The van der Waals surface area contributed by atoms with Crippen molar-refractivity contribution in [1.29, 1.82) is 0 Å². The molecule has 0 aliphatic heterocycles. The summed E-state index contributed by atoms with van der Waals surface area (Å²) >= 11 is 5.81. The van der Waals surface area contributed by atoms with Crippen molar-refractivity contribution >= 4 is 28.9 Å². The number of non-ortho nitro benzene ring substituents is 1. The number of hydrogen-bond donors (Lipinski definition) is 1. The van der Waals surface area contributed by atoms with Crippen molar-refractivity contribution in [2.24, 2.45) is 0 Å². The van der Waals surface area contributed by atoms with Crippen LogP contribution in [0, 0.1) is 10.1 Å². The molecule has 0 unspecified atom stereocenters. The van der Waals surface area contributed by atoms with Gasteiger partial charge in [-0.1, -0.05) is 23.7 Å². The number of carbonyl (C=O) groups excluding carboxylic acids is 1. The Kier molecular flexibility index (Phi) is 4.93. The van der Waals surface area contributed by atoms with Gasteiger partial charge in [0.2, 0.25) is 0 Å². The Bertz CT molecular complexity index is 796. The second kappa shape index (κ2) is 6.75. The molecule has 126 valence electrons. The van der Waals surface area contributed by atoms with Crippen molar-refractivity contribution in [3.8, 4) is 5.75 Å². The fraction of sp³-hybridized carbons (Fsp3) is 0.0714. The molecule has 0 atom stereocenters. The Morgan fingerprint density at radius 1 is 1.21 bits per heavy atom. The Balaban J connectivity index is 2.31. The van der Waals surface area contributed by atoms with E-state index in [-0.39, 0.29) is 22.0 Å². The maximum absolute atomic E-state index is 12.4. The molecule has 0 radical (unpaired) electrons. The number of halogens is 4. The molecule has 2 aromatic rings. The molecule has 24 heavy (non-hydrogen) atoms. The Morgan fingerprint density at radius 3 is 2.50 bits per heavy atom. The van der Waals surface area contributed by atoms with Gasteiger partial charge < -0.3 is 10.1 Å². The zero-order valence-electron chi connectivity index (χ0n) is 11.6. The van der Waals surface area contributed by atoms with E-state index in [1.54, 1.807) is 0 Å². The minimum Gasteiger partial charge on any atom is -0.404 e. The van der Waals surface area contributed by atoms with Crippen molar-refractivity contribution in [1.82, 2.24) is 0 Å². The van der Waals surface area contributed by atoms with E-state index in [4.69, 9.17) is 11.6 Å². The average molecular weight is 361 g/mol. The number of hydrogen-bond acceptors (Lipinski definition) is 4. The van der Waals surface area contributed by atoms with Crippen molar-refractivity contribution in [3.05, 3.63) is 63.2 Å². The molecule has 6 nitrogen and oxygen atoms in total. The number of nitro benzene ring substituents is 1. The summed E-state index contributed by atoms with van der Waals surface area (Å²) in [7, 11) is 0. The van der Waals surface area contributed by atoms with E-state index in [0.717, 1.165) is 24.3 Å². The predicted molar refractivity (Wildman–Crippen MR) is 79.2 cm³/mol. The van der Waals surface area contributed by atoms with Crippen molar-refractivity contribution in [2.45, 2.75) is 6.36 Å². The summed E-state index contributed by atoms with van der Waals surface area (Å²) in [5, 5.41) is 12.8. The SMILES string of the molecule is O=C(Nc1ccccc1OC(F)(F)F)c1cc([N+](=O)[O-])ccc1Cl. The van der Waals surface area contributed by atoms with Gasteiger partial charge in [-0.15, -0.1) is 13.2 Å². The zero-order chi connectivity index (χ0) is 17.9. The van der Waals surface area contributed by atoms with Crippen LogP contribution in [0.4, 0.5) is 24.5 Å². The number of nitrogens with zero attached hydrogens (tertiary/aromatic N) is 1. The van der Waals surface area contributed by atoms with Crippen LogP contribution in [0.3, 0.4) is 0 Å². The molecule has 0 aliphatic carbocycles. The molecular formula is C14H8ClF3N2O4. The number of nitrogens with one attached hydrogen (secondary N) is 1. The first-order chi connectivity index (χ1) is 11.2. The summed E-state index contributed by atoms with van der Waals surface area (Å²) < 4.78 is 40.9. The van der Waals surface area contributed by atoms with Gasteiger partial charge in [0.15, 0.2) is 5.75 Å². The van der Waals surface area contributed by atoms with Gasteiger partial charge in [-0.3, -0.25) is 14.9 Å². The largest absolute Gasteiger partial charge is 0.573 e. The highest BCUT2D eigenvalue weighted by atomic mass is 35.5. The van der Waals surface area contributed by atoms with Crippen LogP contribution in [-0.2, 0) is 0 Å². The number of carbonyl (C=O) groups is 1. The van der Waals surface area contributed by atoms with E-state index < -0.39 is 22.9 Å². The number of alkyl halides is 3. The molecule has 2 rings (SSSR count). The lowest BCUT2D eigenvalue weighted by molar-refractivity contribution is -0.384. The van der Waals surface area contributed by atoms with Gasteiger partial charge in [0, 0.05) is 12.1 Å². The van der Waals surface area contributed by atoms with Crippen LogP contribution in [-0.4, -0.2) is 17.2 Å². The minimum atomic E-state index is -4.94. The van der Waals surface area contributed by atoms with Crippen LogP contribution in [0.2, 0.25) is 5.02 Å². The molecule has 0 fully saturated rings. The van der Waals surface area contributed by atoms with E-state index in [0.29, 0.717) is 0 Å². The van der Waals surface area contributed by atoms with Gasteiger partial charge in [-0.2, -0.15) is 0 Å². The molecule has 1 amide bonds. The highest BCUT2D eigenvalue weighted by molar-refractivity contribution is 6.34. The van der Waals surface area contributed by atoms with E-state index in [1.807, 2.05) is 0 Å². The summed E-state index contributed by atoms with van der Waals surface area (Å²) in [6, 6.07) is 8.03. The zero-order valence-corrected chi connectivity index (χ0v) is 12.4. The smallest absolute Gasteiger partial charge is 0.404 e. The fourth-order valence-electron chi connectivity index (χ4n) is 1.77. The van der Waals surface area contributed by atoms with Crippen LogP contribution < -0.4 is 10.1 Å². The van der Waals surface area contributed by atoms with Gasteiger partial charge >= 0.3 is 6.36 Å². The first-order valence-corrected chi connectivity index (χ1v) is 6.65. The molecule has 0 aliphatic rings. The van der Waals surface area contributed by atoms with Gasteiger partial charge in [0.1, 0.15) is 0 Å². The fourth-order valence-corrected chi connectivity index (χ4v) is 1.98. The lowest BCUT2D eigenvalue weighted by Crippen LogP contribution is -2.19. The first kappa shape index (κ1) is 17.5. The molecule has 0 saturated heterocycles. The predicted octanol–water partition coefficient (Wildman–Crippen LogP) is 4.40. The second-order valence-electron chi connectivity index (χ2n) is 4.42. The van der Waals surface area contributed by atoms with Crippen LogP contribution >= 0.6 is 11.6 Å². The van der Waals surface area contributed by atoms with Crippen LogP contribution in [0.1, 0.15) is 10.4 Å². The lowest BCUT2D eigenvalue weighted by Gasteiger charge is -2.14. The summed E-state index contributed by atoms with van der Waals surface area (Å²) in [4.78, 5) is 22.2. The molecular weight excluding hydrogens is 353 g/mol. The van der Waals surface area contributed by atoms with Crippen LogP contribution in [0.5, 0.6) is 5.75 Å². The standard InChI is InChI=1S/C14H8ClF3N2O4/c15-10-6-5-8(20(22)23)7-9(10)13(21)19-11-3-1-2-4-12(11)24-14(16,17)18/h1-7H,(H,19,21). The Hall–Kier alpha value is -2.81. The van der Waals surface area contributed by atoms with E-state index >= 15 is 0 Å². The summed E-state index contributed by atoms with van der Waals surface area (Å²) in [6.07, 6.45) is -4.94. The monoisotopic (exact) mass is 360 g/mol. The summed E-state index contributed by atoms with van der Waals surface area (Å²) in [6.45, 7) is 0. The number of anilines is 1. The number of nitro groups is 1. The third-order valence-corrected chi connectivity index (χ3v) is 3.10. The average Bonchev–Trinajstić information content (AvgIpc) is 2.48. The normalized spacial score (nSPS) is 11.0. The summed E-state index contributed by atoms with van der Waals surface area (Å²) in [5.74, 6) is -1.54. The van der Waals surface area contributed by atoms with Gasteiger partial charge in [0.25, 0.3) is 11.6 Å². The van der Waals surface area contributed by atoms with Gasteiger partial charge in [-0.25, -0.2) is 0 Å². The topological polar surface area (TPSA) is 81.5 Å². The van der Waals surface area contributed by atoms with Crippen molar-refractivity contribution < 1.29 is 27.6 Å². The van der Waals surface area contributed by atoms with Crippen molar-refractivity contribution in [3.63, 3.8) is 0 Å². The second-order valence-corrected chi connectivity index (χ2v) is 4.83. The number of amides is 1.